The first kappa shape index (κ1) is 16.4. The second kappa shape index (κ2) is 6.97. The number of Topliss-reactive ketones (excluding diaryl/α,β-unsaturated/α-hetero) is 1. The van der Waals surface area contributed by atoms with Crippen molar-refractivity contribution < 1.29 is 9.59 Å². The monoisotopic (exact) mass is 322 g/mol. The van der Waals surface area contributed by atoms with E-state index in [1.165, 1.54) is 18.1 Å². The maximum atomic E-state index is 12.6. The number of hydrogen-bond acceptors (Lipinski definition) is 3. The van der Waals surface area contributed by atoms with Crippen LogP contribution in [0.2, 0.25) is 0 Å². The van der Waals surface area contributed by atoms with Gasteiger partial charge in [-0.1, -0.05) is 36.4 Å². The van der Waals surface area contributed by atoms with Crippen LogP contribution in [0, 0.1) is 0 Å². The minimum Gasteiger partial charge on any atom is -0.324 e. The molecule has 0 unspecified atom stereocenters. The molecule has 2 aromatic rings. The summed E-state index contributed by atoms with van der Waals surface area (Å²) in [4.78, 5) is 26.5. The third kappa shape index (κ3) is 3.39. The molecule has 3 rings (SSSR count). The number of fused-ring (bicyclic) bond motifs is 1. The predicted molar refractivity (Wildman–Crippen MR) is 95.1 cm³/mol. The van der Waals surface area contributed by atoms with Gasteiger partial charge in [-0.05, 0) is 43.5 Å². The molecule has 0 radical (unpaired) electrons. The van der Waals surface area contributed by atoms with E-state index in [0.717, 1.165) is 19.5 Å². The van der Waals surface area contributed by atoms with Crippen LogP contribution in [0.4, 0.5) is 5.69 Å². The van der Waals surface area contributed by atoms with E-state index in [2.05, 4.69) is 28.4 Å². The van der Waals surface area contributed by atoms with Gasteiger partial charge in [-0.15, -0.1) is 0 Å². The lowest BCUT2D eigenvalue weighted by molar-refractivity contribution is -0.121. The summed E-state index contributed by atoms with van der Waals surface area (Å²) in [6.45, 7) is 5.06. The van der Waals surface area contributed by atoms with Gasteiger partial charge in [0.2, 0.25) is 5.91 Å². The average Bonchev–Trinajstić information content (AvgIpc) is 2.61. The van der Waals surface area contributed by atoms with Crippen molar-refractivity contribution in [1.29, 1.82) is 0 Å². The summed E-state index contributed by atoms with van der Waals surface area (Å²) in [7, 11) is 0. The molecule has 4 nitrogen and oxygen atoms in total. The number of rotatable bonds is 4. The maximum Gasteiger partial charge on any atom is 0.241 e. The van der Waals surface area contributed by atoms with Crippen LogP contribution in [-0.2, 0) is 17.8 Å². The molecule has 0 saturated carbocycles. The molecule has 1 aliphatic heterocycles. The quantitative estimate of drug-likeness (QED) is 0.879. The van der Waals surface area contributed by atoms with Gasteiger partial charge in [-0.3, -0.25) is 14.5 Å². The van der Waals surface area contributed by atoms with E-state index >= 15 is 0 Å². The third-order valence-corrected chi connectivity index (χ3v) is 4.65. The third-order valence-electron chi connectivity index (χ3n) is 4.65. The molecule has 1 atom stereocenters. The van der Waals surface area contributed by atoms with E-state index in [0.29, 0.717) is 11.3 Å². The first-order chi connectivity index (χ1) is 11.6. The van der Waals surface area contributed by atoms with Gasteiger partial charge in [0, 0.05) is 18.7 Å². The first-order valence-corrected chi connectivity index (χ1v) is 8.28. The second-order valence-electron chi connectivity index (χ2n) is 6.26. The normalized spacial score (nSPS) is 15.4. The van der Waals surface area contributed by atoms with E-state index in [4.69, 9.17) is 0 Å². The Kier molecular flexibility index (Phi) is 4.76. The smallest absolute Gasteiger partial charge is 0.241 e. The first-order valence-electron chi connectivity index (χ1n) is 8.28. The summed E-state index contributed by atoms with van der Waals surface area (Å²) >= 11 is 0. The SMILES string of the molecule is CC(=O)c1ccccc1NC(=O)[C@@H](C)N1CCc2ccccc2C1. The summed E-state index contributed by atoms with van der Waals surface area (Å²) in [5.41, 5.74) is 3.78. The zero-order valence-corrected chi connectivity index (χ0v) is 14.1. The van der Waals surface area contributed by atoms with Crippen molar-refractivity contribution in [3.63, 3.8) is 0 Å². The summed E-state index contributed by atoms with van der Waals surface area (Å²) in [6.07, 6.45) is 0.956. The molecular formula is C20H22N2O2. The zero-order valence-electron chi connectivity index (χ0n) is 14.1. The molecule has 1 heterocycles. The molecule has 1 aliphatic rings. The number of anilines is 1. The summed E-state index contributed by atoms with van der Waals surface area (Å²) in [6, 6.07) is 15.3. The lowest BCUT2D eigenvalue weighted by Gasteiger charge is -2.33. The Labute approximate surface area is 142 Å². The van der Waals surface area contributed by atoms with Gasteiger partial charge in [-0.2, -0.15) is 0 Å². The van der Waals surface area contributed by atoms with E-state index in [-0.39, 0.29) is 17.7 Å². The van der Waals surface area contributed by atoms with Crippen LogP contribution in [0.25, 0.3) is 0 Å². The molecule has 1 amide bonds. The van der Waals surface area contributed by atoms with E-state index in [1.54, 1.807) is 18.2 Å². The largest absolute Gasteiger partial charge is 0.324 e. The fourth-order valence-corrected chi connectivity index (χ4v) is 3.15. The highest BCUT2D eigenvalue weighted by atomic mass is 16.2. The van der Waals surface area contributed by atoms with Gasteiger partial charge in [0.05, 0.1) is 11.7 Å². The number of hydrogen-bond donors (Lipinski definition) is 1. The molecule has 0 aromatic heterocycles. The Morgan fingerprint density at radius 1 is 1.04 bits per heavy atom. The van der Waals surface area contributed by atoms with E-state index in [1.807, 2.05) is 19.1 Å². The standard InChI is InChI=1S/C20H22N2O2/c1-14(22-12-11-16-7-3-4-8-17(16)13-22)20(24)21-19-10-6-5-9-18(19)15(2)23/h3-10,14H,11-13H2,1-2H3,(H,21,24)/t14-/m1/s1. The molecule has 2 aromatic carbocycles. The van der Waals surface area contributed by atoms with Crippen LogP contribution in [0.5, 0.6) is 0 Å². The fraction of sp³-hybridized carbons (Fsp3) is 0.300. The Morgan fingerprint density at radius 3 is 2.46 bits per heavy atom. The fourth-order valence-electron chi connectivity index (χ4n) is 3.15. The number of para-hydroxylation sites is 1. The summed E-state index contributed by atoms with van der Waals surface area (Å²) < 4.78 is 0. The van der Waals surface area contributed by atoms with Gasteiger partial charge in [0.1, 0.15) is 0 Å². The van der Waals surface area contributed by atoms with E-state index < -0.39 is 0 Å². The minimum absolute atomic E-state index is 0.0505. The van der Waals surface area contributed by atoms with Crippen molar-refractivity contribution in [2.45, 2.75) is 32.9 Å². The van der Waals surface area contributed by atoms with Gasteiger partial charge >= 0.3 is 0 Å². The van der Waals surface area contributed by atoms with Crippen molar-refractivity contribution >= 4 is 17.4 Å². The lowest BCUT2D eigenvalue weighted by Crippen LogP contribution is -2.44. The molecule has 0 spiro atoms. The molecule has 0 fully saturated rings. The maximum absolute atomic E-state index is 12.6. The number of nitrogens with one attached hydrogen (secondary N) is 1. The summed E-state index contributed by atoms with van der Waals surface area (Å²) in [5.74, 6) is -0.131. The molecular weight excluding hydrogens is 300 g/mol. The average molecular weight is 322 g/mol. The minimum atomic E-state index is -0.252. The Morgan fingerprint density at radius 2 is 1.71 bits per heavy atom. The predicted octanol–water partition coefficient (Wildman–Crippen LogP) is 3.27. The zero-order chi connectivity index (χ0) is 17.1. The molecule has 4 heteroatoms. The number of carbonyl (C=O) groups is 2. The highest BCUT2D eigenvalue weighted by Crippen LogP contribution is 2.21. The van der Waals surface area contributed by atoms with Crippen molar-refractivity contribution in [1.82, 2.24) is 4.90 Å². The molecule has 0 bridgehead atoms. The highest BCUT2D eigenvalue weighted by molar-refractivity contribution is 6.04. The number of carbonyl (C=O) groups excluding carboxylic acids is 2. The second-order valence-corrected chi connectivity index (χ2v) is 6.26. The molecule has 24 heavy (non-hydrogen) atoms. The Balaban J connectivity index is 1.71. The van der Waals surface area contributed by atoms with Crippen molar-refractivity contribution in [3.8, 4) is 0 Å². The topological polar surface area (TPSA) is 49.4 Å². The van der Waals surface area contributed by atoms with Gasteiger partial charge in [0.25, 0.3) is 0 Å². The van der Waals surface area contributed by atoms with Crippen LogP contribution in [0.3, 0.4) is 0 Å². The van der Waals surface area contributed by atoms with Crippen LogP contribution in [-0.4, -0.2) is 29.2 Å². The Hall–Kier alpha value is -2.46. The van der Waals surface area contributed by atoms with E-state index in [9.17, 15) is 9.59 Å². The Bertz CT molecular complexity index is 770. The van der Waals surface area contributed by atoms with Gasteiger partial charge < -0.3 is 5.32 Å². The highest BCUT2D eigenvalue weighted by Gasteiger charge is 2.25. The number of benzene rings is 2. The number of nitrogens with zero attached hydrogens (tertiary/aromatic N) is 1. The van der Waals surface area contributed by atoms with Crippen molar-refractivity contribution in [2.75, 3.05) is 11.9 Å². The van der Waals surface area contributed by atoms with Gasteiger partial charge in [0.15, 0.2) is 5.78 Å². The van der Waals surface area contributed by atoms with Crippen LogP contribution >= 0.6 is 0 Å². The molecule has 0 saturated heterocycles. The number of ketones is 1. The van der Waals surface area contributed by atoms with Crippen LogP contribution in [0.1, 0.15) is 35.3 Å². The van der Waals surface area contributed by atoms with Crippen molar-refractivity contribution in [3.05, 3.63) is 65.2 Å². The molecule has 124 valence electrons. The van der Waals surface area contributed by atoms with Crippen molar-refractivity contribution in [2.24, 2.45) is 0 Å². The lowest BCUT2D eigenvalue weighted by atomic mass is 9.98. The van der Waals surface area contributed by atoms with Crippen LogP contribution in [0.15, 0.2) is 48.5 Å². The molecule has 1 N–H and O–H groups in total. The summed E-state index contributed by atoms with van der Waals surface area (Å²) in [5, 5.41) is 2.91. The van der Waals surface area contributed by atoms with Crippen LogP contribution < -0.4 is 5.32 Å². The molecule has 0 aliphatic carbocycles. The van der Waals surface area contributed by atoms with Gasteiger partial charge in [-0.25, -0.2) is 0 Å². The number of amides is 1.